The number of carbonyl (C=O) groups is 12. The van der Waals surface area contributed by atoms with Crippen LogP contribution in [0.3, 0.4) is 0 Å². The van der Waals surface area contributed by atoms with E-state index in [1.807, 2.05) is 12.1 Å². The average Bonchev–Trinajstić information content (AvgIpc) is 1.52. The number of likely N-dealkylation sites (tertiary alicyclic amines) is 1. The van der Waals surface area contributed by atoms with Gasteiger partial charge in [-0.2, -0.15) is 0 Å². The minimum absolute atomic E-state index is 0.245. The summed E-state index contributed by atoms with van der Waals surface area (Å²) in [4.78, 5) is 168. The number of esters is 12. The number of piperidine rings is 1. The molecule has 2 bridgehead atoms. The molecule has 2 saturated heterocycles. The van der Waals surface area contributed by atoms with Gasteiger partial charge in [0.15, 0.2) is 174 Å². The number of aromatic hydroxyl groups is 25. The number of benzene rings is 11. The molecule has 52 nitrogen and oxygen atoms in total. The fourth-order valence-electron chi connectivity index (χ4n) is 16.6. The normalized spacial score (nSPS) is 18.4. The zero-order chi connectivity index (χ0) is 108. The van der Waals surface area contributed by atoms with Crippen LogP contribution in [0.25, 0.3) is 0 Å². The van der Waals surface area contributed by atoms with E-state index in [1.54, 1.807) is 0 Å². The molecule has 0 saturated carbocycles. The monoisotopic (exact) mass is 2070 g/mol. The number of likely N-dealkylation sites (N-methyl/N-ethyl adjacent to an activating group) is 1. The Morgan fingerprint density at radius 1 is 0.315 bits per heavy atom. The first-order chi connectivity index (χ1) is 70.3. The molecule has 11 aromatic rings. The van der Waals surface area contributed by atoms with E-state index in [-0.39, 0.29) is 29.4 Å². The van der Waals surface area contributed by atoms with Crippen LogP contribution in [-0.2, 0) is 54.6 Å². The standard InChI is InChI=1S/C76H52O46.C21H23NO5/c77-32-1-22(2-33(78)53(32)92)67(103)113-47-16-27(11-42(87)58(47)97)66(102)112-21-52-63(119-72(108)28-12-43(88)59(98)48(17-28)114-68(104)23-3-34(79)54(93)35(80)4-23)64(120-73(109)29-13-44(89)60(99)49(18-29)115-69(105)24-5-36(81)55(94)37(82)6-24)65(121-74(110)30-14-45(90)61(100)50(19-30)116-70(106)25-7-38(83)56(95)39(84)8-25)76(118-52)122-75(111)31-15-46(91)62(101)51(20-31)117-71(107)26-9-40(85)57(96)41(86)10-26;1-11(23)25-16-6-4-13-10-15-14-5-7-17(26-12(2)24)20-21(14,8-9-22(15)3)18(13)19(16)27-20/h1-20,52,63-65,76-101H,21H2;4-7,14-15,17,20H,8-10H2,1-3H3/t52-,63-,64+,65-,76+;14-,15+,17-,20-,21-/m10/s1. The molecule has 0 aromatic heterocycles. The fraction of sp³-hybridized carbons (Fsp3) is 0.175. The number of phenols is 25. The highest BCUT2D eigenvalue weighted by molar-refractivity contribution is 6.01. The summed E-state index contributed by atoms with van der Waals surface area (Å²) >= 11 is 0. The van der Waals surface area contributed by atoms with E-state index < -0.39 is 331 Å². The van der Waals surface area contributed by atoms with Crippen molar-refractivity contribution in [1.29, 1.82) is 0 Å². The van der Waals surface area contributed by atoms with Crippen molar-refractivity contribution < 1.29 is 252 Å². The molecule has 2 aliphatic carbocycles. The number of hydrogen-bond donors (Lipinski definition) is 25. The molecule has 3 heterocycles. The van der Waals surface area contributed by atoms with Crippen molar-refractivity contribution in [1.82, 2.24) is 4.90 Å². The predicted octanol–water partition coefficient (Wildman–Crippen LogP) is 6.83. The van der Waals surface area contributed by atoms with Gasteiger partial charge in [-0.05, 0) is 165 Å². The van der Waals surface area contributed by atoms with Gasteiger partial charge in [-0.15, -0.1) is 0 Å². The highest BCUT2D eigenvalue weighted by Crippen LogP contribution is 2.63. The summed E-state index contributed by atoms with van der Waals surface area (Å²) in [6.07, 6.45) is -9.74. The van der Waals surface area contributed by atoms with Gasteiger partial charge >= 0.3 is 71.6 Å². The minimum atomic E-state index is -3.12. The number of rotatable bonds is 23. The lowest BCUT2D eigenvalue weighted by atomic mass is 9.53. The van der Waals surface area contributed by atoms with E-state index in [1.165, 1.54) is 19.4 Å². The van der Waals surface area contributed by atoms with E-state index in [0.717, 1.165) is 24.9 Å². The van der Waals surface area contributed by atoms with Gasteiger partial charge in [-0.1, -0.05) is 12.1 Å². The Labute approximate surface area is 828 Å². The van der Waals surface area contributed by atoms with E-state index in [9.17, 15) is 171 Å². The fourth-order valence-corrected chi connectivity index (χ4v) is 16.6. The maximum atomic E-state index is 15.3. The zero-order valence-corrected chi connectivity index (χ0v) is 75.6. The van der Waals surface area contributed by atoms with Crippen LogP contribution in [0.15, 0.2) is 146 Å². The van der Waals surface area contributed by atoms with Crippen molar-refractivity contribution in [3.63, 3.8) is 0 Å². The molecule has 0 unspecified atom stereocenters. The van der Waals surface area contributed by atoms with Gasteiger partial charge < -0.3 is 199 Å². The highest BCUT2D eigenvalue weighted by Gasteiger charge is 2.66. The maximum absolute atomic E-state index is 15.3. The van der Waals surface area contributed by atoms with E-state index in [2.05, 4.69) is 24.1 Å². The summed E-state index contributed by atoms with van der Waals surface area (Å²) in [5.41, 5.74) is -7.74. The third kappa shape index (κ3) is 20.3. The molecular formula is C97H75NO51. The molecule has 0 amide bonds. The molecule has 10 atom stereocenters. The molecule has 149 heavy (non-hydrogen) atoms. The van der Waals surface area contributed by atoms with E-state index >= 15 is 14.4 Å². The predicted molar refractivity (Wildman–Crippen MR) is 480 cm³/mol. The Balaban J connectivity index is 0.000000524. The van der Waals surface area contributed by atoms with Crippen molar-refractivity contribution in [2.75, 3.05) is 20.2 Å². The number of phenolic OH excluding ortho intramolecular Hbond substituents is 25. The van der Waals surface area contributed by atoms with Gasteiger partial charge in [0.1, 0.15) is 18.8 Å². The van der Waals surface area contributed by atoms with Crippen molar-refractivity contribution in [3.8, 4) is 184 Å². The average molecular weight is 2070 g/mol. The van der Waals surface area contributed by atoms with Crippen LogP contribution < -0.4 is 33.2 Å². The Morgan fingerprint density at radius 2 is 0.604 bits per heavy atom. The number of nitrogens with zero attached hydrogens (tertiary/aromatic N) is 1. The Hall–Kier alpha value is -20.5. The molecule has 5 aliphatic rings. The van der Waals surface area contributed by atoms with Crippen LogP contribution in [0, 0.1) is 5.92 Å². The lowest BCUT2D eigenvalue weighted by Gasteiger charge is -2.56. The minimum Gasteiger partial charge on any atom is -0.504 e. The highest BCUT2D eigenvalue weighted by atomic mass is 16.8. The van der Waals surface area contributed by atoms with Gasteiger partial charge in [0.05, 0.1) is 55.6 Å². The van der Waals surface area contributed by atoms with Crippen molar-refractivity contribution in [2.24, 2.45) is 5.92 Å². The molecule has 3 aliphatic heterocycles. The van der Waals surface area contributed by atoms with E-state index in [0.29, 0.717) is 139 Å². The van der Waals surface area contributed by atoms with Crippen molar-refractivity contribution >= 4 is 71.6 Å². The molecule has 52 heteroatoms. The molecular weight excluding hydrogens is 2000 g/mol. The van der Waals surface area contributed by atoms with Crippen molar-refractivity contribution in [2.45, 2.75) is 81.1 Å². The largest absolute Gasteiger partial charge is 0.504 e. The second kappa shape index (κ2) is 40.1. The molecule has 774 valence electrons. The van der Waals surface area contributed by atoms with Gasteiger partial charge in [0.2, 0.25) is 41.1 Å². The molecule has 25 N–H and O–H groups in total. The summed E-state index contributed by atoms with van der Waals surface area (Å²) in [5.74, 6) is -55.3. The Bertz CT molecular complexity index is 7410. The van der Waals surface area contributed by atoms with Gasteiger partial charge in [-0.25, -0.2) is 47.9 Å². The molecule has 11 aromatic carbocycles. The zero-order valence-electron chi connectivity index (χ0n) is 75.6. The topological polar surface area (TPSA) is 843 Å². The van der Waals surface area contributed by atoms with Gasteiger partial charge in [0, 0.05) is 36.8 Å². The van der Waals surface area contributed by atoms with Crippen LogP contribution in [0.1, 0.15) is 135 Å². The molecule has 0 radical (unpaired) electrons. The first kappa shape index (κ1) is 103. The Kier molecular flexibility index (Phi) is 27.7. The quantitative estimate of drug-likeness (QED) is 0.0103. The lowest BCUT2D eigenvalue weighted by Crippen LogP contribution is -2.65. The van der Waals surface area contributed by atoms with Crippen LogP contribution in [0.5, 0.6) is 184 Å². The lowest BCUT2D eigenvalue weighted by molar-refractivity contribution is -0.282. The number of hydrogen-bond acceptors (Lipinski definition) is 52. The third-order valence-electron chi connectivity index (χ3n) is 23.6. The first-order valence-corrected chi connectivity index (χ1v) is 42.7. The first-order valence-electron chi connectivity index (χ1n) is 42.7. The molecule has 1 spiro atoms. The maximum Gasteiger partial charge on any atom is 0.343 e. The summed E-state index contributed by atoms with van der Waals surface area (Å²) in [7, 11) is 2.17. The van der Waals surface area contributed by atoms with Crippen LogP contribution in [-0.4, -0.2) is 273 Å². The third-order valence-corrected chi connectivity index (χ3v) is 23.6. The molecule has 2 fully saturated rings. The van der Waals surface area contributed by atoms with Gasteiger partial charge in [-0.3, -0.25) is 9.59 Å². The van der Waals surface area contributed by atoms with Gasteiger partial charge in [0.25, 0.3) is 0 Å². The summed E-state index contributed by atoms with van der Waals surface area (Å²) in [6, 6.07) is 12.8. The number of ether oxygens (including phenoxy) is 14. The van der Waals surface area contributed by atoms with E-state index in [4.69, 9.17) is 66.3 Å². The Morgan fingerprint density at radius 3 is 0.919 bits per heavy atom. The second-order valence-electron chi connectivity index (χ2n) is 33.2. The smallest absolute Gasteiger partial charge is 0.343 e. The summed E-state index contributed by atoms with van der Waals surface area (Å²) in [6.45, 7) is 2.07. The second-order valence-corrected chi connectivity index (χ2v) is 33.2. The SMILES string of the molecule is CC(=O)Oc1ccc2c3c1O[C@H]1[C@@H](OC(C)=O)C=C[C@H]4[C@@H](C2)N(C)CC[C@@]341.O=C(OC[C@H]1O[C@@H](OC(=O)c2cc(O)c(O)c(OC(=O)c3cc(O)c(O)c(O)c3)c2)[C@H](OC(=O)c2cc(O)c(O)c(OC(=O)c3cc(O)c(O)c(O)c3)c2)[C@@H](OC(=O)c2cc(O)c(O)c(OC(=O)c3cc(O)c(O)c(O)c3)c2)[C@@H]1OC(=O)c1cc(O)c(O)c(OC(=O)c2cc(O)c(O)c(O)c2)c1)c1cc(O)c(O)c(OC(=O)c2cc(O)c(O)c(O)c2)c1. The summed E-state index contributed by atoms with van der Waals surface area (Å²) in [5, 5.41) is 261. The van der Waals surface area contributed by atoms with Crippen molar-refractivity contribution in [3.05, 3.63) is 212 Å². The summed E-state index contributed by atoms with van der Waals surface area (Å²) < 4.78 is 77.9. The number of carbonyl (C=O) groups excluding carboxylic acids is 12. The molecule has 16 rings (SSSR count). The van der Waals surface area contributed by atoms with Crippen LogP contribution >= 0.6 is 0 Å². The van der Waals surface area contributed by atoms with Crippen LogP contribution in [0.2, 0.25) is 0 Å². The van der Waals surface area contributed by atoms with Crippen LogP contribution in [0.4, 0.5) is 0 Å².